The van der Waals surface area contributed by atoms with E-state index in [9.17, 15) is 19.2 Å². The number of amides is 3. The SMILES string of the molecule is Cn1c(=O)n(C2CCC(=O)NC2=O)c2ccc(N3CCN(C4N(C(=O)OC(C)(C)C)CCCC4(F)F)CC3)cc21. The second kappa shape index (κ2) is 10.2. The van der Waals surface area contributed by atoms with Gasteiger partial charge in [0.25, 0.3) is 5.92 Å². The lowest BCUT2D eigenvalue weighted by Gasteiger charge is -2.49. The van der Waals surface area contributed by atoms with Gasteiger partial charge in [0.05, 0.1) is 11.0 Å². The summed E-state index contributed by atoms with van der Waals surface area (Å²) in [5, 5.41) is 2.30. The predicted molar refractivity (Wildman–Crippen MR) is 143 cm³/mol. The van der Waals surface area contributed by atoms with Crippen molar-refractivity contribution < 1.29 is 27.9 Å². The summed E-state index contributed by atoms with van der Waals surface area (Å²) in [4.78, 5) is 54.9. The fraction of sp³-hybridized carbons (Fsp3) is 0.630. The Morgan fingerprint density at radius 3 is 2.40 bits per heavy atom. The molecule has 0 saturated carbocycles. The Kier molecular flexibility index (Phi) is 7.13. The molecule has 11 nitrogen and oxygen atoms in total. The first-order chi connectivity index (χ1) is 18.8. The second-order valence-corrected chi connectivity index (χ2v) is 11.8. The van der Waals surface area contributed by atoms with Crippen molar-refractivity contribution in [3.8, 4) is 0 Å². The highest BCUT2D eigenvalue weighted by Crippen LogP contribution is 2.37. The molecule has 2 unspecified atom stereocenters. The van der Waals surface area contributed by atoms with Crippen LogP contribution in [-0.4, -0.2) is 87.3 Å². The first-order valence-corrected chi connectivity index (χ1v) is 13.7. The van der Waals surface area contributed by atoms with Crippen molar-refractivity contribution in [1.82, 2.24) is 24.3 Å². The van der Waals surface area contributed by atoms with E-state index in [0.717, 1.165) is 5.69 Å². The number of benzene rings is 1. The molecule has 0 radical (unpaired) electrons. The van der Waals surface area contributed by atoms with Crippen LogP contribution in [0.15, 0.2) is 23.0 Å². The van der Waals surface area contributed by atoms with Crippen molar-refractivity contribution in [2.75, 3.05) is 37.6 Å². The smallest absolute Gasteiger partial charge is 0.411 e. The number of nitrogens with zero attached hydrogens (tertiary/aromatic N) is 5. The minimum absolute atomic E-state index is 0.160. The average molecular weight is 563 g/mol. The highest BCUT2D eigenvalue weighted by Gasteiger charge is 2.52. The summed E-state index contributed by atoms with van der Waals surface area (Å²) in [6.07, 6.45) is -1.77. The van der Waals surface area contributed by atoms with E-state index in [4.69, 9.17) is 4.74 Å². The summed E-state index contributed by atoms with van der Waals surface area (Å²) in [6, 6.07) is 4.72. The van der Waals surface area contributed by atoms with Crippen LogP contribution in [-0.2, 0) is 21.4 Å². The Balaban J connectivity index is 1.34. The molecule has 5 rings (SSSR count). The number of aromatic nitrogens is 2. The van der Waals surface area contributed by atoms with Crippen LogP contribution in [0.3, 0.4) is 0 Å². The molecule has 3 fully saturated rings. The van der Waals surface area contributed by atoms with Gasteiger partial charge in [-0.25, -0.2) is 18.4 Å². The molecule has 0 bridgehead atoms. The fourth-order valence-corrected chi connectivity index (χ4v) is 5.94. The van der Waals surface area contributed by atoms with E-state index < -0.39 is 35.7 Å². The number of ether oxygens (including phenoxy) is 1. The number of rotatable bonds is 3. The van der Waals surface area contributed by atoms with E-state index in [1.165, 1.54) is 14.0 Å². The molecule has 3 aliphatic rings. The number of alkyl halides is 2. The molecule has 2 atom stereocenters. The van der Waals surface area contributed by atoms with Crippen LogP contribution in [0.4, 0.5) is 19.3 Å². The number of piperidine rings is 2. The van der Waals surface area contributed by atoms with E-state index >= 15 is 8.78 Å². The second-order valence-electron chi connectivity index (χ2n) is 11.8. The molecule has 0 aliphatic carbocycles. The molecule has 2 aromatic rings. The average Bonchev–Trinajstić information content (AvgIpc) is 3.12. The van der Waals surface area contributed by atoms with Crippen molar-refractivity contribution in [3.63, 3.8) is 0 Å². The zero-order chi connectivity index (χ0) is 29.0. The lowest BCUT2D eigenvalue weighted by Crippen LogP contribution is -2.66. The molecule has 3 aliphatic heterocycles. The first kappa shape index (κ1) is 28.1. The van der Waals surface area contributed by atoms with Gasteiger partial charge in [-0.15, -0.1) is 0 Å². The number of likely N-dealkylation sites (tertiary alicyclic amines) is 1. The number of piperazine rings is 1. The number of nitrogens with one attached hydrogen (secondary N) is 1. The van der Waals surface area contributed by atoms with Gasteiger partial charge in [-0.3, -0.25) is 33.8 Å². The third-order valence-electron chi connectivity index (χ3n) is 7.83. The van der Waals surface area contributed by atoms with Crippen LogP contribution in [0.1, 0.15) is 52.5 Å². The third-order valence-corrected chi connectivity index (χ3v) is 7.83. The number of imide groups is 1. The Morgan fingerprint density at radius 1 is 1.05 bits per heavy atom. The standard InChI is InChI=1S/C27H36F2N6O5/c1-26(2,3)40-25(39)34-11-5-10-27(28,29)23(34)33-14-12-32(13-15-33)17-6-7-18-20(16-17)31(4)24(38)35(18)19-8-9-21(36)30-22(19)37/h6-7,16,19,23H,5,8-15H2,1-4H3,(H,30,36,37). The highest BCUT2D eigenvalue weighted by atomic mass is 19.3. The molecular weight excluding hydrogens is 526 g/mol. The Morgan fingerprint density at radius 2 is 1.75 bits per heavy atom. The maximum absolute atomic E-state index is 15.2. The highest BCUT2D eigenvalue weighted by molar-refractivity contribution is 6.00. The topological polar surface area (TPSA) is 109 Å². The van der Waals surface area contributed by atoms with Gasteiger partial charge < -0.3 is 9.64 Å². The van der Waals surface area contributed by atoms with Crippen LogP contribution in [0, 0.1) is 0 Å². The molecule has 1 aromatic carbocycles. The Hall–Kier alpha value is -3.48. The molecule has 1 N–H and O–H groups in total. The predicted octanol–water partition coefficient (Wildman–Crippen LogP) is 2.43. The summed E-state index contributed by atoms with van der Waals surface area (Å²) in [6.45, 7) is 6.88. The molecule has 4 heterocycles. The van der Waals surface area contributed by atoms with E-state index in [1.807, 2.05) is 12.1 Å². The number of carbonyl (C=O) groups excluding carboxylic acids is 3. The zero-order valence-electron chi connectivity index (χ0n) is 23.3. The third kappa shape index (κ3) is 5.18. The van der Waals surface area contributed by atoms with E-state index in [-0.39, 0.29) is 43.8 Å². The fourth-order valence-electron chi connectivity index (χ4n) is 5.94. The van der Waals surface area contributed by atoms with Gasteiger partial charge in [-0.1, -0.05) is 0 Å². The van der Waals surface area contributed by atoms with Gasteiger partial charge in [-0.05, 0) is 51.8 Å². The number of fused-ring (bicyclic) bond motifs is 1. The number of halogens is 2. The van der Waals surface area contributed by atoms with Crippen molar-refractivity contribution in [2.45, 2.75) is 70.2 Å². The molecule has 3 saturated heterocycles. The van der Waals surface area contributed by atoms with E-state index in [2.05, 4.69) is 10.2 Å². The van der Waals surface area contributed by atoms with E-state index in [0.29, 0.717) is 37.2 Å². The normalized spacial score (nSPS) is 24.4. The summed E-state index contributed by atoms with van der Waals surface area (Å²) in [5.74, 6) is -3.91. The molecule has 40 heavy (non-hydrogen) atoms. The van der Waals surface area contributed by atoms with E-state index in [1.54, 1.807) is 38.8 Å². The molecule has 13 heteroatoms. The van der Waals surface area contributed by atoms with Gasteiger partial charge in [-0.2, -0.15) is 0 Å². The molecule has 218 valence electrons. The van der Waals surface area contributed by atoms with Crippen LogP contribution < -0.4 is 15.9 Å². The number of carbonyl (C=O) groups is 3. The summed E-state index contributed by atoms with van der Waals surface area (Å²) < 4.78 is 38.7. The summed E-state index contributed by atoms with van der Waals surface area (Å²) in [7, 11) is 1.63. The van der Waals surface area contributed by atoms with Crippen LogP contribution in [0.2, 0.25) is 0 Å². The van der Waals surface area contributed by atoms with Crippen molar-refractivity contribution in [2.24, 2.45) is 7.05 Å². The lowest BCUT2D eigenvalue weighted by atomic mass is 10.0. The molecule has 1 aromatic heterocycles. The van der Waals surface area contributed by atoms with Gasteiger partial charge in [0.2, 0.25) is 11.8 Å². The minimum atomic E-state index is -3.06. The number of hydrogen-bond donors (Lipinski definition) is 1. The lowest BCUT2D eigenvalue weighted by molar-refractivity contribution is -0.166. The maximum Gasteiger partial charge on any atom is 0.411 e. The maximum atomic E-state index is 15.2. The van der Waals surface area contributed by atoms with Gasteiger partial charge in [0.15, 0.2) is 6.17 Å². The van der Waals surface area contributed by atoms with Crippen LogP contribution >= 0.6 is 0 Å². The molecule has 3 amide bonds. The number of hydrogen-bond acceptors (Lipinski definition) is 7. The van der Waals surface area contributed by atoms with Crippen molar-refractivity contribution in [1.29, 1.82) is 0 Å². The zero-order valence-corrected chi connectivity index (χ0v) is 23.3. The Labute approximate surface area is 230 Å². The molecular formula is C27H36F2N6O5. The van der Waals surface area contributed by atoms with Crippen molar-refractivity contribution >= 4 is 34.6 Å². The summed E-state index contributed by atoms with van der Waals surface area (Å²) >= 11 is 0. The number of imidazole rings is 1. The number of aryl methyl sites for hydroxylation is 1. The molecule has 0 spiro atoms. The van der Waals surface area contributed by atoms with Gasteiger partial charge in [0.1, 0.15) is 11.6 Å². The first-order valence-electron chi connectivity index (χ1n) is 13.7. The minimum Gasteiger partial charge on any atom is -0.444 e. The summed E-state index contributed by atoms with van der Waals surface area (Å²) in [5.41, 5.74) is 0.891. The Bertz CT molecular complexity index is 1390. The quantitative estimate of drug-likeness (QED) is 0.573. The van der Waals surface area contributed by atoms with Gasteiger partial charge >= 0.3 is 11.8 Å². The van der Waals surface area contributed by atoms with Crippen molar-refractivity contribution in [3.05, 3.63) is 28.7 Å². The van der Waals surface area contributed by atoms with Crippen LogP contribution in [0.5, 0.6) is 0 Å². The number of anilines is 1. The monoisotopic (exact) mass is 562 g/mol. The van der Waals surface area contributed by atoms with Crippen LogP contribution in [0.25, 0.3) is 11.0 Å². The largest absolute Gasteiger partial charge is 0.444 e. The van der Waals surface area contributed by atoms with Gasteiger partial charge in [0, 0.05) is 58.3 Å².